The lowest BCUT2D eigenvalue weighted by molar-refractivity contribution is -0.301. The molecule has 1 aliphatic rings. The van der Waals surface area contributed by atoms with Crippen LogP contribution < -0.4 is 0 Å². The molecule has 0 amide bonds. The molecule has 81 heavy (non-hydrogen) atoms. The van der Waals surface area contributed by atoms with E-state index in [1.54, 1.807) is 0 Å². The standard InChI is InChI=1S/C69H114O12/c1-4-7-10-13-16-19-22-25-28-30-31-33-35-37-40-43-46-49-52-55-61(70)77-58-60(79-62(71)56-53-50-47-44-41-38-34-27-24-21-18-15-12-9-6-3)59-78-69-67(65(74)64(73)66(81-69)68(75)76)80-63(72)57-54-51-48-45-42-39-36-32-29-26-23-20-17-14-11-8-5-2/h8-9,11-12,17-18,20-21,26-27,29,34,36,39,41,44,60,64-67,69,73-74H,4-7,10,13-16,19,22-25,28,30-33,35,37-38,40,42-43,45-59H2,1-3H3,(H,75,76)/b11-8-,12-9-,20-17-,21-18-,29-26-,34-27-,39-36-,44-41-. The number of unbranched alkanes of at least 4 members (excludes halogenated alkanes) is 24. The minimum Gasteiger partial charge on any atom is -0.479 e. The number of allylic oxidation sites excluding steroid dienone is 16. The van der Waals surface area contributed by atoms with Crippen molar-refractivity contribution in [2.75, 3.05) is 13.2 Å². The van der Waals surface area contributed by atoms with Crippen molar-refractivity contribution < 1.29 is 58.2 Å². The third-order valence-corrected chi connectivity index (χ3v) is 14.2. The predicted octanol–water partition coefficient (Wildman–Crippen LogP) is 17.2. The zero-order valence-electron chi connectivity index (χ0n) is 51.0. The minimum absolute atomic E-state index is 0.0242. The molecule has 0 aromatic heterocycles. The number of ether oxygens (including phenoxy) is 5. The van der Waals surface area contributed by atoms with Gasteiger partial charge >= 0.3 is 23.9 Å². The Labute approximate surface area is 492 Å². The summed E-state index contributed by atoms with van der Waals surface area (Å²) >= 11 is 0. The Morgan fingerprint density at radius 2 is 0.778 bits per heavy atom. The third kappa shape index (κ3) is 45.8. The molecule has 12 nitrogen and oxygen atoms in total. The smallest absolute Gasteiger partial charge is 0.335 e. The molecule has 0 bridgehead atoms. The molecular formula is C69H114O12. The highest BCUT2D eigenvalue weighted by Crippen LogP contribution is 2.26. The number of carboxylic acids is 1. The van der Waals surface area contributed by atoms with Crippen molar-refractivity contribution in [3.05, 3.63) is 97.2 Å². The van der Waals surface area contributed by atoms with E-state index in [2.05, 4.69) is 118 Å². The molecule has 3 N–H and O–H groups in total. The van der Waals surface area contributed by atoms with Crippen LogP contribution in [0.4, 0.5) is 0 Å². The van der Waals surface area contributed by atoms with Crippen LogP contribution >= 0.6 is 0 Å². The number of aliphatic hydroxyl groups is 2. The molecule has 0 aliphatic carbocycles. The van der Waals surface area contributed by atoms with Crippen LogP contribution in [-0.2, 0) is 42.9 Å². The van der Waals surface area contributed by atoms with E-state index < -0.39 is 67.3 Å². The molecule has 462 valence electrons. The molecule has 0 saturated carbocycles. The van der Waals surface area contributed by atoms with Gasteiger partial charge in [0.1, 0.15) is 18.8 Å². The molecule has 6 atom stereocenters. The van der Waals surface area contributed by atoms with Crippen LogP contribution in [0.2, 0.25) is 0 Å². The minimum atomic E-state index is -1.92. The fourth-order valence-electron chi connectivity index (χ4n) is 9.29. The summed E-state index contributed by atoms with van der Waals surface area (Å²) < 4.78 is 28.5. The van der Waals surface area contributed by atoms with E-state index in [9.17, 15) is 34.5 Å². The van der Waals surface area contributed by atoms with Crippen LogP contribution in [0, 0.1) is 0 Å². The van der Waals surface area contributed by atoms with Gasteiger partial charge in [-0.1, -0.05) is 246 Å². The number of carbonyl (C=O) groups is 4. The first-order valence-corrected chi connectivity index (χ1v) is 32.2. The molecule has 0 aromatic carbocycles. The highest BCUT2D eigenvalue weighted by molar-refractivity contribution is 5.74. The van der Waals surface area contributed by atoms with Gasteiger partial charge < -0.3 is 39.0 Å². The largest absolute Gasteiger partial charge is 0.479 e. The highest BCUT2D eigenvalue weighted by Gasteiger charge is 2.50. The first-order chi connectivity index (χ1) is 39.6. The second-order valence-corrected chi connectivity index (χ2v) is 21.6. The number of aliphatic carboxylic acids is 1. The van der Waals surface area contributed by atoms with Crippen LogP contribution in [0.3, 0.4) is 0 Å². The average Bonchev–Trinajstić information content (AvgIpc) is 3.53. The molecule has 0 aromatic rings. The molecule has 1 rings (SSSR count). The third-order valence-electron chi connectivity index (χ3n) is 14.2. The Kier molecular flexibility index (Phi) is 51.7. The number of aliphatic hydroxyl groups excluding tert-OH is 2. The second-order valence-electron chi connectivity index (χ2n) is 21.6. The van der Waals surface area contributed by atoms with Crippen molar-refractivity contribution in [1.29, 1.82) is 0 Å². The van der Waals surface area contributed by atoms with Gasteiger partial charge in [0, 0.05) is 19.3 Å². The molecule has 0 radical (unpaired) electrons. The molecule has 1 aliphatic heterocycles. The fourth-order valence-corrected chi connectivity index (χ4v) is 9.29. The number of esters is 3. The lowest BCUT2D eigenvalue weighted by atomic mass is 9.98. The number of carbonyl (C=O) groups excluding carboxylic acids is 3. The fraction of sp³-hybridized carbons (Fsp3) is 0.710. The van der Waals surface area contributed by atoms with Crippen LogP contribution in [0.5, 0.6) is 0 Å². The molecule has 6 unspecified atom stereocenters. The van der Waals surface area contributed by atoms with Gasteiger partial charge in [-0.3, -0.25) is 14.4 Å². The molecular weight excluding hydrogens is 1020 g/mol. The Balaban J connectivity index is 2.69. The van der Waals surface area contributed by atoms with E-state index in [1.807, 2.05) is 0 Å². The van der Waals surface area contributed by atoms with Gasteiger partial charge in [-0.15, -0.1) is 0 Å². The van der Waals surface area contributed by atoms with Gasteiger partial charge in [-0.2, -0.15) is 0 Å². The first kappa shape index (κ1) is 74.7. The second kappa shape index (κ2) is 56.1. The van der Waals surface area contributed by atoms with Crippen molar-refractivity contribution in [2.24, 2.45) is 0 Å². The maximum Gasteiger partial charge on any atom is 0.335 e. The predicted molar refractivity (Wildman–Crippen MR) is 331 cm³/mol. The van der Waals surface area contributed by atoms with Crippen molar-refractivity contribution in [2.45, 2.75) is 302 Å². The summed E-state index contributed by atoms with van der Waals surface area (Å²) in [5.74, 6) is -3.20. The Bertz CT molecular complexity index is 1780. The molecule has 1 saturated heterocycles. The van der Waals surface area contributed by atoms with Crippen molar-refractivity contribution >= 4 is 23.9 Å². The summed E-state index contributed by atoms with van der Waals surface area (Å²) in [6, 6.07) is 0. The zero-order chi connectivity index (χ0) is 58.9. The SMILES string of the molecule is CC/C=C\C/C=C\C/C=C\C/C=C\CCCCCCC(=O)OC1C(OCC(COC(=O)CCCCCCCCCCCCCCCCCCCCC)OC(=O)CCCC/C=C\C/C=C\C/C=C\C/C=C\CC)OC(C(=O)O)C(O)C1O. The normalized spacial score (nSPS) is 18.4. The van der Waals surface area contributed by atoms with E-state index in [0.717, 1.165) is 109 Å². The quantitative estimate of drug-likeness (QED) is 0.0228. The maximum atomic E-state index is 13.2. The maximum absolute atomic E-state index is 13.2. The molecule has 1 heterocycles. The summed E-state index contributed by atoms with van der Waals surface area (Å²) in [5, 5.41) is 31.6. The number of hydrogen-bond acceptors (Lipinski definition) is 11. The summed E-state index contributed by atoms with van der Waals surface area (Å²) in [6.45, 7) is 5.75. The van der Waals surface area contributed by atoms with Crippen LogP contribution in [0.15, 0.2) is 97.2 Å². The van der Waals surface area contributed by atoms with E-state index in [1.165, 1.54) is 96.3 Å². The number of rotatable bonds is 54. The zero-order valence-corrected chi connectivity index (χ0v) is 51.0. The highest BCUT2D eigenvalue weighted by atomic mass is 16.7. The molecule has 12 heteroatoms. The van der Waals surface area contributed by atoms with E-state index in [0.29, 0.717) is 19.3 Å². The van der Waals surface area contributed by atoms with Crippen molar-refractivity contribution in [3.8, 4) is 0 Å². The Morgan fingerprint density at radius 1 is 0.420 bits per heavy atom. The summed E-state index contributed by atoms with van der Waals surface area (Å²) in [4.78, 5) is 51.3. The van der Waals surface area contributed by atoms with Gasteiger partial charge in [0.05, 0.1) is 6.61 Å². The van der Waals surface area contributed by atoms with Crippen LogP contribution in [-0.4, -0.2) is 89.2 Å². The van der Waals surface area contributed by atoms with Crippen molar-refractivity contribution in [3.63, 3.8) is 0 Å². The van der Waals surface area contributed by atoms with Crippen LogP contribution in [0.25, 0.3) is 0 Å². The molecule has 1 fully saturated rings. The Hall–Kier alpha value is -4.36. The number of carboxylic acid groups (broad SMARTS) is 1. The van der Waals surface area contributed by atoms with Crippen LogP contribution in [0.1, 0.15) is 265 Å². The van der Waals surface area contributed by atoms with E-state index in [-0.39, 0.29) is 25.9 Å². The lowest BCUT2D eigenvalue weighted by Crippen LogP contribution is -2.61. The van der Waals surface area contributed by atoms with Gasteiger partial charge in [-0.25, -0.2) is 4.79 Å². The average molecular weight is 1140 g/mol. The summed E-state index contributed by atoms with van der Waals surface area (Å²) in [5.41, 5.74) is 0. The van der Waals surface area contributed by atoms with E-state index in [4.69, 9.17) is 23.7 Å². The first-order valence-electron chi connectivity index (χ1n) is 32.2. The summed E-state index contributed by atoms with van der Waals surface area (Å²) in [7, 11) is 0. The van der Waals surface area contributed by atoms with Gasteiger partial charge in [0.2, 0.25) is 0 Å². The summed E-state index contributed by atoms with van der Waals surface area (Å²) in [6.07, 6.45) is 62.3. The van der Waals surface area contributed by atoms with Gasteiger partial charge in [-0.05, 0) is 96.3 Å². The lowest BCUT2D eigenvalue weighted by Gasteiger charge is -2.40. The number of hydrogen-bond donors (Lipinski definition) is 3. The topological polar surface area (TPSA) is 175 Å². The monoisotopic (exact) mass is 1130 g/mol. The Morgan fingerprint density at radius 3 is 1.21 bits per heavy atom. The van der Waals surface area contributed by atoms with Gasteiger partial charge in [0.15, 0.2) is 24.6 Å². The van der Waals surface area contributed by atoms with Gasteiger partial charge in [0.25, 0.3) is 0 Å². The molecule has 0 spiro atoms. The van der Waals surface area contributed by atoms with E-state index >= 15 is 0 Å². The van der Waals surface area contributed by atoms with Crippen molar-refractivity contribution in [1.82, 2.24) is 0 Å².